The molecular weight excluding hydrogens is 265 g/mol. The molecule has 78 valence electrons. The third-order valence-corrected chi connectivity index (χ3v) is 4.75. The molecule has 0 unspecified atom stereocenters. The van der Waals surface area contributed by atoms with Crippen molar-refractivity contribution < 1.29 is 66.1 Å². The quantitative estimate of drug-likeness (QED) is 0.282. The van der Waals surface area contributed by atoms with Crippen molar-refractivity contribution in [3.63, 3.8) is 0 Å². The van der Waals surface area contributed by atoms with Gasteiger partial charge in [0.2, 0.25) is 5.91 Å². The maximum atomic E-state index is 11.3. The Labute approximate surface area is 140 Å². The fourth-order valence-electron chi connectivity index (χ4n) is 1.95. The van der Waals surface area contributed by atoms with Crippen molar-refractivity contribution in [1.82, 2.24) is 4.90 Å². The van der Waals surface area contributed by atoms with Crippen molar-refractivity contribution in [2.45, 2.75) is 35.4 Å². The molecule has 0 spiro atoms. The topological polar surface area (TPSA) is 60.4 Å². The monoisotopic (exact) mass is 273 g/mol. The fourth-order valence-corrected chi connectivity index (χ4v) is 3.87. The molecule has 2 aliphatic heterocycles. The number of carboxylic acids is 1. The van der Waals surface area contributed by atoms with Crippen molar-refractivity contribution in [3.05, 3.63) is 0 Å². The van der Waals surface area contributed by atoms with E-state index >= 15 is 0 Å². The summed E-state index contributed by atoms with van der Waals surface area (Å²) in [5.74, 6) is -1.51. The number of fused-ring (bicyclic) bond motifs is 1. The molecule has 0 radical (unpaired) electrons. The Balaban J connectivity index is 0.00000112. The van der Waals surface area contributed by atoms with E-state index in [0.717, 1.165) is 0 Å². The second kappa shape index (κ2) is 4.47. The van der Waals surface area contributed by atoms with Crippen molar-refractivity contribution in [3.8, 4) is 0 Å². The summed E-state index contributed by atoms with van der Waals surface area (Å²) in [6, 6.07) is -0.861. The molecule has 2 aliphatic rings. The van der Waals surface area contributed by atoms with Crippen LogP contribution in [0.25, 0.3) is 0 Å². The van der Waals surface area contributed by atoms with Crippen LogP contribution in [0, 0.1) is 0 Å². The van der Waals surface area contributed by atoms with Crippen LogP contribution in [-0.4, -0.2) is 38.3 Å². The molecule has 2 saturated heterocycles. The van der Waals surface area contributed by atoms with E-state index in [9.17, 15) is 14.7 Å². The zero-order chi connectivity index (χ0) is 10.7. The summed E-state index contributed by atoms with van der Waals surface area (Å²) in [4.78, 5) is 23.6. The molecule has 0 aliphatic carbocycles. The average Bonchev–Trinajstić information content (AvgIpc) is 2.34. The number of thioether (sulfide) groups is 1. The molecule has 2 rings (SSSR count). The number of amides is 1. The summed E-state index contributed by atoms with van der Waals surface area (Å²) in [6.07, 6.45) is 0. The maximum Gasteiger partial charge on any atom is 1.00 e. The van der Waals surface area contributed by atoms with E-state index in [1.165, 1.54) is 16.7 Å². The van der Waals surface area contributed by atoms with Crippen LogP contribution in [0.15, 0.2) is 0 Å². The first-order valence-electron chi connectivity index (χ1n) is 4.21. The Morgan fingerprint density at radius 3 is 2.60 bits per heavy atom. The number of nitrogens with zero attached hydrogens (tertiary/aromatic N) is 1. The Hall–Kier alpha value is 1.22. The molecule has 4 nitrogen and oxygen atoms in total. The van der Waals surface area contributed by atoms with E-state index in [-0.39, 0.29) is 62.7 Å². The summed E-state index contributed by atoms with van der Waals surface area (Å²) in [7, 11) is 0. The van der Waals surface area contributed by atoms with Crippen LogP contribution >= 0.6 is 23.4 Å². The number of β-lactam (4-membered cyclic amide) rings is 1. The van der Waals surface area contributed by atoms with Crippen molar-refractivity contribution in [1.29, 1.82) is 0 Å². The van der Waals surface area contributed by atoms with E-state index in [1.54, 1.807) is 13.8 Å². The van der Waals surface area contributed by atoms with Gasteiger partial charge in [0, 0.05) is 4.75 Å². The van der Waals surface area contributed by atoms with E-state index < -0.39 is 22.1 Å². The molecule has 0 aromatic rings. The maximum absolute atomic E-state index is 11.3. The summed E-state index contributed by atoms with van der Waals surface area (Å²) in [5, 5.41) is 10.1. The summed E-state index contributed by atoms with van der Waals surface area (Å²) in [6.45, 7) is 3.57. The van der Waals surface area contributed by atoms with Gasteiger partial charge in [-0.3, -0.25) is 4.79 Å². The van der Waals surface area contributed by atoms with Gasteiger partial charge in [0.05, 0.1) is 12.0 Å². The van der Waals surface area contributed by atoms with Crippen LogP contribution in [0.3, 0.4) is 0 Å². The molecule has 0 aromatic heterocycles. The standard InChI is InChI=1S/C8H10ClNO3S.K/c1-8(2)4(7(12)13)10-5(11)3(9)6(10)14-8;/h3-4,6H,1-2H3,(H,12,13);/q;+1/p-1/t3-,4-,6+;/m0./s1. The Morgan fingerprint density at radius 1 is 1.60 bits per heavy atom. The largest absolute Gasteiger partial charge is 1.00 e. The van der Waals surface area contributed by atoms with Crippen molar-refractivity contribution >= 4 is 35.2 Å². The number of hydrogen-bond donors (Lipinski definition) is 0. The number of rotatable bonds is 1. The zero-order valence-corrected chi connectivity index (χ0v) is 13.4. The molecule has 0 bridgehead atoms. The Kier molecular flexibility index (Phi) is 4.26. The first-order chi connectivity index (χ1) is 6.36. The number of carboxylic acid groups (broad SMARTS) is 1. The number of halogens is 1. The van der Waals surface area contributed by atoms with Crippen LogP contribution < -0.4 is 56.5 Å². The van der Waals surface area contributed by atoms with Crippen LogP contribution in [-0.2, 0) is 9.59 Å². The van der Waals surface area contributed by atoms with Gasteiger partial charge in [-0.05, 0) is 13.8 Å². The van der Waals surface area contributed by atoms with Crippen LogP contribution in [0.1, 0.15) is 13.8 Å². The summed E-state index contributed by atoms with van der Waals surface area (Å²) in [5.41, 5.74) is 0. The fraction of sp³-hybridized carbons (Fsp3) is 0.750. The molecule has 0 aromatic carbocycles. The zero-order valence-electron chi connectivity index (χ0n) is 8.69. The Morgan fingerprint density at radius 2 is 2.13 bits per heavy atom. The van der Waals surface area contributed by atoms with Gasteiger partial charge in [-0.2, -0.15) is 0 Å². The van der Waals surface area contributed by atoms with Crippen molar-refractivity contribution in [2.75, 3.05) is 0 Å². The minimum atomic E-state index is -1.21. The SMILES string of the molecule is CC1(C)S[C@@H]2[C@@H](Cl)C(=O)N2[C@H]1C(=O)[O-].[K+]. The second-order valence-corrected chi connectivity index (χ2v) is 6.22. The van der Waals surface area contributed by atoms with Crippen molar-refractivity contribution in [2.24, 2.45) is 0 Å². The summed E-state index contributed by atoms with van der Waals surface area (Å²) >= 11 is 7.19. The number of aliphatic carboxylic acids is 1. The molecule has 2 fully saturated rings. The van der Waals surface area contributed by atoms with Crippen LogP contribution in [0.4, 0.5) is 0 Å². The third-order valence-electron chi connectivity index (χ3n) is 2.60. The van der Waals surface area contributed by atoms with E-state index in [0.29, 0.717) is 0 Å². The molecule has 3 atom stereocenters. The molecule has 0 saturated carbocycles. The van der Waals surface area contributed by atoms with Crippen LogP contribution in [0.5, 0.6) is 0 Å². The predicted octanol–water partition coefficient (Wildman–Crippen LogP) is -3.59. The molecule has 15 heavy (non-hydrogen) atoms. The average molecular weight is 274 g/mol. The van der Waals surface area contributed by atoms with E-state index in [1.807, 2.05) is 0 Å². The normalized spacial score (nSPS) is 36.6. The molecular formula is C8H9ClKNO3S. The smallest absolute Gasteiger partial charge is 0.548 e. The molecule has 0 N–H and O–H groups in total. The van der Waals surface area contributed by atoms with Gasteiger partial charge in [0.1, 0.15) is 10.8 Å². The molecule has 7 heteroatoms. The van der Waals surface area contributed by atoms with Gasteiger partial charge >= 0.3 is 51.4 Å². The molecule has 1 amide bonds. The van der Waals surface area contributed by atoms with Crippen LogP contribution in [0.2, 0.25) is 0 Å². The number of alkyl halides is 1. The van der Waals surface area contributed by atoms with E-state index in [4.69, 9.17) is 11.6 Å². The van der Waals surface area contributed by atoms with Gasteiger partial charge in [0.25, 0.3) is 0 Å². The van der Waals surface area contributed by atoms with Gasteiger partial charge < -0.3 is 14.8 Å². The minimum absolute atomic E-state index is 0. The van der Waals surface area contributed by atoms with E-state index in [2.05, 4.69) is 0 Å². The van der Waals surface area contributed by atoms with Gasteiger partial charge in [-0.25, -0.2) is 0 Å². The Bertz CT molecular complexity index is 325. The second-order valence-electron chi connectivity index (χ2n) is 3.98. The number of carbonyl (C=O) groups excluding carboxylic acids is 2. The first-order valence-corrected chi connectivity index (χ1v) is 5.53. The predicted molar refractivity (Wildman–Crippen MR) is 50.7 cm³/mol. The van der Waals surface area contributed by atoms with Gasteiger partial charge in [-0.1, -0.05) is 0 Å². The minimum Gasteiger partial charge on any atom is -0.548 e. The van der Waals surface area contributed by atoms with Gasteiger partial charge in [0.15, 0.2) is 0 Å². The number of carbonyl (C=O) groups is 2. The van der Waals surface area contributed by atoms with Gasteiger partial charge in [-0.15, -0.1) is 23.4 Å². The summed E-state index contributed by atoms with van der Waals surface area (Å²) < 4.78 is -0.525. The first kappa shape index (κ1) is 14.3. The third kappa shape index (κ3) is 2.03. The molecule has 2 heterocycles. The number of hydrogen-bond acceptors (Lipinski definition) is 4.